The van der Waals surface area contributed by atoms with Crippen molar-refractivity contribution in [2.45, 2.75) is 49.5 Å². The molecule has 2 aromatic rings. The van der Waals surface area contributed by atoms with Crippen LogP contribution in [0.2, 0.25) is 0 Å². The predicted molar refractivity (Wildman–Crippen MR) is 113 cm³/mol. The van der Waals surface area contributed by atoms with Gasteiger partial charge in [0.2, 0.25) is 5.91 Å². The summed E-state index contributed by atoms with van der Waals surface area (Å²) >= 11 is 1.46. The van der Waals surface area contributed by atoms with Crippen molar-refractivity contribution >= 4 is 35.2 Å². The number of carbonyl (C=O) groups is 3. The molecule has 0 fully saturated rings. The molecule has 1 heterocycles. The number of hydrogen-bond acceptors (Lipinski definition) is 5. The molecule has 0 unspecified atom stereocenters. The van der Waals surface area contributed by atoms with E-state index >= 15 is 0 Å². The van der Waals surface area contributed by atoms with Crippen molar-refractivity contribution in [3.05, 3.63) is 59.7 Å². The van der Waals surface area contributed by atoms with Crippen LogP contribution >= 0.6 is 11.8 Å². The SMILES string of the molecule is CC(C)OC(=O)C[C@H](NC(=O)c1ccc2c(c1)NC(=O)[C@@H](C)S2)c1ccccc1. The molecule has 3 rings (SSSR count). The quantitative estimate of drug-likeness (QED) is 0.702. The van der Waals surface area contributed by atoms with Crippen molar-refractivity contribution in [1.29, 1.82) is 0 Å². The molecule has 2 amide bonds. The number of anilines is 1. The van der Waals surface area contributed by atoms with Crippen molar-refractivity contribution < 1.29 is 19.1 Å². The zero-order valence-electron chi connectivity index (χ0n) is 16.6. The summed E-state index contributed by atoms with van der Waals surface area (Å²) in [6.45, 7) is 5.41. The van der Waals surface area contributed by atoms with E-state index < -0.39 is 6.04 Å². The molecule has 2 N–H and O–H groups in total. The molecule has 0 saturated heterocycles. The molecule has 2 atom stereocenters. The fraction of sp³-hybridized carbons (Fsp3) is 0.318. The number of fused-ring (bicyclic) bond motifs is 1. The first-order valence-corrected chi connectivity index (χ1v) is 10.4. The minimum Gasteiger partial charge on any atom is -0.463 e. The van der Waals surface area contributed by atoms with Gasteiger partial charge in [-0.15, -0.1) is 11.8 Å². The highest BCUT2D eigenvalue weighted by atomic mass is 32.2. The summed E-state index contributed by atoms with van der Waals surface area (Å²) in [5.74, 6) is -0.784. The lowest BCUT2D eigenvalue weighted by Gasteiger charge is -2.23. The van der Waals surface area contributed by atoms with E-state index in [9.17, 15) is 14.4 Å². The highest BCUT2D eigenvalue weighted by Gasteiger charge is 2.25. The second kappa shape index (κ2) is 9.13. The molecule has 1 aliphatic heterocycles. The second-order valence-corrected chi connectivity index (χ2v) is 8.52. The summed E-state index contributed by atoms with van der Waals surface area (Å²) in [4.78, 5) is 37.9. The van der Waals surface area contributed by atoms with Gasteiger partial charge >= 0.3 is 5.97 Å². The summed E-state index contributed by atoms with van der Waals surface area (Å²) in [6.07, 6.45) is -0.193. The van der Waals surface area contributed by atoms with Gasteiger partial charge in [-0.1, -0.05) is 30.3 Å². The van der Waals surface area contributed by atoms with Crippen LogP contribution in [0.15, 0.2) is 53.4 Å². The largest absolute Gasteiger partial charge is 0.463 e. The molecule has 2 aromatic carbocycles. The van der Waals surface area contributed by atoms with E-state index in [2.05, 4.69) is 10.6 Å². The smallest absolute Gasteiger partial charge is 0.308 e. The highest BCUT2D eigenvalue weighted by Crippen LogP contribution is 2.36. The average molecular weight is 413 g/mol. The zero-order valence-corrected chi connectivity index (χ0v) is 17.4. The molecule has 0 aromatic heterocycles. The fourth-order valence-corrected chi connectivity index (χ4v) is 3.94. The number of esters is 1. The van der Waals surface area contributed by atoms with Crippen molar-refractivity contribution in [1.82, 2.24) is 5.32 Å². The van der Waals surface area contributed by atoms with Gasteiger partial charge in [0.15, 0.2) is 0 Å². The fourth-order valence-electron chi connectivity index (χ4n) is 3.01. The summed E-state index contributed by atoms with van der Waals surface area (Å²) < 4.78 is 5.25. The topological polar surface area (TPSA) is 84.5 Å². The van der Waals surface area contributed by atoms with Gasteiger partial charge in [0.05, 0.1) is 29.5 Å². The molecule has 0 bridgehead atoms. The van der Waals surface area contributed by atoms with Gasteiger partial charge in [-0.25, -0.2) is 0 Å². The summed E-state index contributed by atoms with van der Waals surface area (Å²) in [6, 6.07) is 14.0. The summed E-state index contributed by atoms with van der Waals surface area (Å²) in [5, 5.41) is 5.58. The van der Waals surface area contributed by atoms with Gasteiger partial charge in [0, 0.05) is 10.5 Å². The lowest BCUT2D eigenvalue weighted by atomic mass is 10.0. The maximum atomic E-state index is 12.9. The van der Waals surface area contributed by atoms with Crippen molar-refractivity contribution in [2.24, 2.45) is 0 Å². The third-order valence-electron chi connectivity index (χ3n) is 4.42. The van der Waals surface area contributed by atoms with Crippen LogP contribution in [0.3, 0.4) is 0 Å². The predicted octanol–water partition coefficient (Wildman–Crippen LogP) is 3.93. The van der Waals surface area contributed by atoms with E-state index in [-0.39, 0.29) is 35.6 Å². The van der Waals surface area contributed by atoms with Crippen molar-refractivity contribution in [2.75, 3.05) is 5.32 Å². The van der Waals surface area contributed by atoms with Crippen molar-refractivity contribution in [3.8, 4) is 0 Å². The van der Waals surface area contributed by atoms with Crippen LogP contribution in [-0.2, 0) is 14.3 Å². The van der Waals surface area contributed by atoms with E-state index in [0.29, 0.717) is 11.3 Å². The molecule has 1 aliphatic rings. The minimum atomic E-state index is -0.519. The Kier molecular flexibility index (Phi) is 6.59. The molecular weight excluding hydrogens is 388 g/mol. The molecule has 0 radical (unpaired) electrons. The lowest BCUT2D eigenvalue weighted by Crippen LogP contribution is -2.31. The van der Waals surface area contributed by atoms with Crippen LogP contribution in [0.1, 0.15) is 49.2 Å². The third-order valence-corrected chi connectivity index (χ3v) is 5.60. The van der Waals surface area contributed by atoms with Crippen LogP contribution in [-0.4, -0.2) is 29.1 Å². The Bertz CT molecular complexity index is 914. The standard InChI is InChI=1S/C22H24N2O4S/c1-13(2)28-20(25)12-17(15-7-5-4-6-8-15)23-22(27)16-9-10-19-18(11-16)24-21(26)14(3)29-19/h4-11,13-14,17H,12H2,1-3H3,(H,23,27)(H,24,26)/t14-,17+/m1/s1. The van der Waals surface area contributed by atoms with Gasteiger partial charge < -0.3 is 15.4 Å². The number of amides is 2. The number of carbonyl (C=O) groups excluding carboxylic acids is 3. The molecule has 0 saturated carbocycles. The summed E-state index contributed by atoms with van der Waals surface area (Å²) in [7, 11) is 0. The minimum absolute atomic E-state index is 0.0307. The number of rotatable bonds is 6. The molecule has 7 heteroatoms. The van der Waals surface area contributed by atoms with E-state index in [4.69, 9.17) is 4.74 Å². The van der Waals surface area contributed by atoms with Gasteiger partial charge in [0.25, 0.3) is 5.91 Å². The Balaban J connectivity index is 1.78. The molecular formula is C22H24N2O4S. The lowest BCUT2D eigenvalue weighted by molar-refractivity contribution is -0.148. The molecule has 0 spiro atoms. The van der Waals surface area contributed by atoms with Crippen LogP contribution in [0.25, 0.3) is 0 Å². The van der Waals surface area contributed by atoms with Crippen LogP contribution < -0.4 is 10.6 Å². The maximum Gasteiger partial charge on any atom is 0.308 e. The number of thioether (sulfide) groups is 1. The Hall–Kier alpha value is -2.80. The monoisotopic (exact) mass is 412 g/mol. The Labute approximate surface area is 174 Å². The number of nitrogens with one attached hydrogen (secondary N) is 2. The van der Waals surface area contributed by atoms with Gasteiger partial charge in [-0.2, -0.15) is 0 Å². The molecule has 29 heavy (non-hydrogen) atoms. The van der Waals surface area contributed by atoms with Crippen LogP contribution in [0, 0.1) is 0 Å². The normalized spacial score (nSPS) is 16.6. The Morgan fingerprint density at radius 1 is 1.17 bits per heavy atom. The summed E-state index contributed by atoms with van der Waals surface area (Å²) in [5.41, 5.74) is 1.86. The van der Waals surface area contributed by atoms with E-state index in [1.165, 1.54) is 11.8 Å². The van der Waals surface area contributed by atoms with E-state index in [1.54, 1.807) is 26.0 Å². The molecule has 152 valence electrons. The van der Waals surface area contributed by atoms with Crippen LogP contribution in [0.5, 0.6) is 0 Å². The number of hydrogen-bond donors (Lipinski definition) is 2. The third kappa shape index (κ3) is 5.38. The first-order chi connectivity index (χ1) is 13.8. The Morgan fingerprint density at radius 3 is 2.59 bits per heavy atom. The first-order valence-electron chi connectivity index (χ1n) is 9.50. The van der Waals surface area contributed by atoms with E-state index in [0.717, 1.165) is 10.5 Å². The average Bonchev–Trinajstić information content (AvgIpc) is 2.68. The number of ether oxygens (including phenoxy) is 1. The first kappa shape index (κ1) is 20.9. The van der Waals surface area contributed by atoms with Crippen molar-refractivity contribution in [3.63, 3.8) is 0 Å². The maximum absolute atomic E-state index is 12.9. The highest BCUT2D eigenvalue weighted by molar-refractivity contribution is 8.00. The second-order valence-electron chi connectivity index (χ2n) is 7.14. The Morgan fingerprint density at radius 2 is 1.90 bits per heavy atom. The molecule has 0 aliphatic carbocycles. The van der Waals surface area contributed by atoms with Crippen LogP contribution in [0.4, 0.5) is 5.69 Å². The van der Waals surface area contributed by atoms with Gasteiger partial charge in [-0.05, 0) is 44.5 Å². The van der Waals surface area contributed by atoms with Gasteiger partial charge in [0.1, 0.15) is 0 Å². The van der Waals surface area contributed by atoms with Gasteiger partial charge in [-0.3, -0.25) is 14.4 Å². The number of benzene rings is 2. The molecule has 6 nitrogen and oxygen atoms in total. The van der Waals surface area contributed by atoms with E-state index in [1.807, 2.05) is 43.3 Å². The zero-order chi connectivity index (χ0) is 21.0.